The Kier molecular flexibility index (Phi) is 12.6. The summed E-state index contributed by atoms with van der Waals surface area (Å²) >= 11 is 15.0. The van der Waals surface area contributed by atoms with E-state index in [9.17, 15) is 14.7 Å². The van der Waals surface area contributed by atoms with Gasteiger partial charge in [0.1, 0.15) is 17.8 Å². The molecule has 5 rings (SSSR count). The lowest BCUT2D eigenvalue weighted by Crippen LogP contribution is -2.34. The second kappa shape index (κ2) is 16.5. The number of hydrogen-bond acceptors (Lipinski definition) is 6. The molecule has 3 aromatic rings. The lowest BCUT2D eigenvalue weighted by atomic mass is 9.85. The largest absolute Gasteiger partial charge is 0.493 e. The average Bonchev–Trinajstić information content (AvgIpc) is 3.07. The summed E-state index contributed by atoms with van der Waals surface area (Å²) < 4.78 is 18.6. The average molecular weight is 831 g/mol. The highest BCUT2D eigenvalue weighted by Gasteiger charge is 2.35. The molecule has 10 heteroatoms. The number of fused-ring (bicyclic) bond motifs is 1. The minimum atomic E-state index is -1.28. The fraction of sp³-hybridized carbons (Fsp3) is 0.375. The van der Waals surface area contributed by atoms with Gasteiger partial charge < -0.3 is 24.2 Å². The number of nitrogens with zero attached hydrogens (tertiary/aromatic N) is 1. The lowest BCUT2D eigenvalue weighted by molar-refractivity contribution is -0.160. The van der Waals surface area contributed by atoms with Gasteiger partial charge in [0.15, 0.2) is 6.10 Å². The molecule has 2 aliphatic rings. The van der Waals surface area contributed by atoms with Gasteiger partial charge >= 0.3 is 5.97 Å². The zero-order valence-electron chi connectivity index (χ0n) is 28.9. The fourth-order valence-electron chi connectivity index (χ4n) is 6.70. The summed E-state index contributed by atoms with van der Waals surface area (Å²) in [5, 5.41) is 11.9. The van der Waals surface area contributed by atoms with Crippen LogP contribution in [0.1, 0.15) is 61.1 Å². The molecule has 0 spiro atoms. The Labute approximate surface area is 318 Å². The highest BCUT2D eigenvalue weighted by Crippen LogP contribution is 2.44. The molecule has 0 bridgehead atoms. The smallest absolute Gasteiger partial charge is 0.337 e. The Hall–Kier alpha value is -3.11. The first kappa shape index (κ1) is 38.1. The van der Waals surface area contributed by atoms with Crippen LogP contribution in [-0.2, 0) is 32.0 Å². The third kappa shape index (κ3) is 8.84. The molecule has 50 heavy (non-hydrogen) atoms. The molecule has 7 nitrogen and oxygen atoms in total. The fourth-order valence-corrected chi connectivity index (χ4v) is 7.48. The highest BCUT2D eigenvalue weighted by molar-refractivity contribution is 14.1. The number of halogens is 3. The summed E-state index contributed by atoms with van der Waals surface area (Å²) in [5.74, 6) is 1.54. The van der Waals surface area contributed by atoms with E-state index in [1.165, 1.54) is 0 Å². The van der Waals surface area contributed by atoms with Gasteiger partial charge in [0.25, 0.3) is 0 Å². The van der Waals surface area contributed by atoms with E-state index in [1.54, 1.807) is 6.08 Å². The maximum Gasteiger partial charge on any atom is 0.337 e. The number of rotatable bonds is 12. The Balaban J connectivity index is 1.71. The van der Waals surface area contributed by atoms with Gasteiger partial charge in [0, 0.05) is 39.3 Å². The van der Waals surface area contributed by atoms with Gasteiger partial charge in [-0.1, -0.05) is 76.1 Å². The number of hydrogen-bond donors (Lipinski definition) is 1. The van der Waals surface area contributed by atoms with Crippen molar-refractivity contribution < 1.29 is 28.9 Å². The molecule has 0 amide bonds. The topological polar surface area (TPSA) is 85.3 Å². The van der Waals surface area contributed by atoms with Crippen LogP contribution in [0.2, 0.25) is 5.02 Å². The lowest BCUT2D eigenvalue weighted by Gasteiger charge is -2.34. The van der Waals surface area contributed by atoms with Gasteiger partial charge in [-0.25, -0.2) is 9.59 Å². The molecule has 2 unspecified atom stereocenters. The highest BCUT2D eigenvalue weighted by atomic mass is 127. The summed E-state index contributed by atoms with van der Waals surface area (Å²) in [6, 6.07) is 15.7. The number of carbonyl (C=O) groups excluding carboxylic acids is 1. The van der Waals surface area contributed by atoms with Crippen LogP contribution in [0, 0.1) is 19.8 Å². The van der Waals surface area contributed by atoms with Gasteiger partial charge in [-0.2, -0.15) is 0 Å². The Morgan fingerprint density at radius 3 is 2.54 bits per heavy atom. The minimum absolute atomic E-state index is 0.180. The van der Waals surface area contributed by atoms with Gasteiger partial charge in [-0.15, -0.1) is 0 Å². The van der Waals surface area contributed by atoms with Crippen molar-refractivity contribution in [2.75, 3.05) is 22.7 Å². The molecule has 0 fully saturated rings. The van der Waals surface area contributed by atoms with E-state index in [4.69, 9.17) is 37.4 Å². The maximum absolute atomic E-state index is 13.2. The number of allylic oxidation sites excluding steroid dienone is 2. The molecule has 0 saturated heterocycles. The number of alkyl halides is 1. The molecule has 1 N–H and O–H groups in total. The van der Waals surface area contributed by atoms with Crippen LogP contribution < -0.4 is 9.64 Å². The summed E-state index contributed by atoms with van der Waals surface area (Å²) in [7, 11) is 0. The summed E-state index contributed by atoms with van der Waals surface area (Å²) in [6.07, 6.45) is 5.50. The van der Waals surface area contributed by atoms with Gasteiger partial charge in [-0.3, -0.25) is 0 Å². The zero-order chi connectivity index (χ0) is 36.2. The first-order valence-corrected chi connectivity index (χ1v) is 18.8. The standard InChI is InChI=1S/C40H42Cl2INO6/c1-24-18-33(44(20-26-11-14-30(41)15-12-26)21-29(22-45)31-9-6-10-32(42)37(31)49-23-43)25(2)36(38(39(46)47)50-40(3,4)5)35(24)28-13-16-34-27(19-28)8-7-17-48-34/h6,9-16,18-19,31,37-38H,7-8,17,20-21,23H2,1-5H3,(H,46,47)/t31-,37?,38?/m1/s1. The molecule has 0 saturated carbocycles. The van der Waals surface area contributed by atoms with Gasteiger partial charge in [-0.05, 0) is 117 Å². The van der Waals surface area contributed by atoms with E-state index in [2.05, 4.69) is 45.6 Å². The van der Waals surface area contributed by atoms with E-state index in [1.807, 2.05) is 83.2 Å². The van der Waals surface area contributed by atoms with Crippen molar-refractivity contribution in [3.63, 3.8) is 0 Å². The molecule has 0 aromatic heterocycles. The van der Waals surface area contributed by atoms with Crippen molar-refractivity contribution in [2.24, 2.45) is 5.92 Å². The summed E-state index contributed by atoms with van der Waals surface area (Å²) in [5.41, 5.74) is 6.36. The molecule has 3 aromatic carbocycles. The maximum atomic E-state index is 13.2. The molecule has 3 atom stereocenters. The van der Waals surface area contributed by atoms with Crippen LogP contribution in [-0.4, -0.2) is 46.5 Å². The first-order valence-electron chi connectivity index (χ1n) is 16.6. The third-order valence-electron chi connectivity index (χ3n) is 8.90. The summed E-state index contributed by atoms with van der Waals surface area (Å²) in [6.45, 7) is 10.7. The van der Waals surface area contributed by atoms with Gasteiger partial charge in [0.05, 0.1) is 23.4 Å². The quantitative estimate of drug-likeness (QED) is 0.111. The summed E-state index contributed by atoms with van der Waals surface area (Å²) in [4.78, 5) is 28.0. The molecule has 1 aliphatic heterocycles. The van der Waals surface area contributed by atoms with E-state index in [0.29, 0.717) is 39.0 Å². The molecule has 264 valence electrons. The predicted molar refractivity (Wildman–Crippen MR) is 208 cm³/mol. The van der Waals surface area contributed by atoms with Crippen molar-refractivity contribution in [3.8, 4) is 16.9 Å². The van der Waals surface area contributed by atoms with Crippen molar-refractivity contribution >= 4 is 63.4 Å². The number of aliphatic carboxylic acids is 1. The van der Waals surface area contributed by atoms with E-state index >= 15 is 0 Å². The number of ether oxygens (including phenoxy) is 3. The Morgan fingerprint density at radius 2 is 1.88 bits per heavy atom. The van der Waals surface area contributed by atoms with Crippen molar-refractivity contribution in [3.05, 3.63) is 110 Å². The number of aryl methyl sites for hydroxylation is 2. The molecule has 0 radical (unpaired) electrons. The number of carboxylic acids is 1. The molecular weight excluding hydrogens is 788 g/mol. The third-order valence-corrected chi connectivity index (χ3v) is 9.85. The second-order valence-corrected chi connectivity index (χ2v) is 15.1. The normalized spacial score (nSPS) is 17.6. The number of carbonyl (C=O) groups is 1. The Bertz CT molecular complexity index is 1840. The first-order chi connectivity index (χ1) is 23.8. The van der Waals surface area contributed by atoms with Crippen LogP contribution in [0.15, 0.2) is 77.4 Å². The second-order valence-electron chi connectivity index (χ2n) is 13.6. The van der Waals surface area contributed by atoms with Crippen LogP contribution in [0.25, 0.3) is 11.1 Å². The number of anilines is 1. The molecule has 1 heterocycles. The predicted octanol–water partition coefficient (Wildman–Crippen LogP) is 9.74. The van der Waals surface area contributed by atoms with Crippen LogP contribution in [0.4, 0.5) is 5.69 Å². The SMILES string of the molecule is Cc1cc(N(CC(=C=O)[C@H]2C=CC=C(Cl)C2OCI)Cc2ccc(Cl)cc2)c(C)c(C(OC(C)(C)C)C(=O)O)c1-c1ccc2c(c1)CCCO2. The molecule has 1 aliphatic carbocycles. The molecular formula is C40H42Cl2INO6. The van der Waals surface area contributed by atoms with Crippen molar-refractivity contribution in [1.82, 2.24) is 0 Å². The van der Waals surface area contributed by atoms with E-state index in [-0.39, 0.29) is 6.54 Å². The van der Waals surface area contributed by atoms with Gasteiger partial charge in [0.2, 0.25) is 0 Å². The van der Waals surface area contributed by atoms with E-state index < -0.39 is 29.7 Å². The van der Waals surface area contributed by atoms with Crippen molar-refractivity contribution in [2.45, 2.75) is 71.8 Å². The van der Waals surface area contributed by atoms with Crippen LogP contribution in [0.3, 0.4) is 0 Å². The number of carboxylic acid groups (broad SMARTS) is 1. The number of benzene rings is 3. The van der Waals surface area contributed by atoms with Crippen molar-refractivity contribution in [1.29, 1.82) is 0 Å². The van der Waals surface area contributed by atoms with Crippen LogP contribution in [0.5, 0.6) is 5.75 Å². The van der Waals surface area contributed by atoms with Crippen LogP contribution >= 0.6 is 45.8 Å². The monoisotopic (exact) mass is 829 g/mol. The zero-order valence-corrected chi connectivity index (χ0v) is 32.6. The van der Waals surface area contributed by atoms with E-state index in [0.717, 1.165) is 57.7 Å². The Morgan fingerprint density at radius 1 is 1.14 bits per heavy atom. The minimum Gasteiger partial charge on any atom is -0.493 e.